The molecule has 1 saturated heterocycles. The van der Waals surface area contributed by atoms with E-state index in [2.05, 4.69) is 11.4 Å². The van der Waals surface area contributed by atoms with Gasteiger partial charge in [-0.25, -0.2) is 0 Å². The van der Waals surface area contributed by atoms with Crippen molar-refractivity contribution < 1.29 is 9.59 Å². The van der Waals surface area contributed by atoms with Crippen molar-refractivity contribution in [1.82, 2.24) is 10.2 Å². The number of nitrogens with one attached hydrogen (secondary N) is 1. The molecule has 0 radical (unpaired) electrons. The molecule has 1 fully saturated rings. The second kappa shape index (κ2) is 6.11. The number of amides is 2. The molecule has 4 heteroatoms. The number of carbonyl (C=O) groups is 2. The average molecular weight is 320 g/mol. The van der Waals surface area contributed by atoms with Crippen LogP contribution in [0.1, 0.15) is 39.1 Å². The van der Waals surface area contributed by atoms with Gasteiger partial charge >= 0.3 is 0 Å². The number of benzene rings is 2. The van der Waals surface area contributed by atoms with Crippen LogP contribution in [0, 0.1) is 0 Å². The summed E-state index contributed by atoms with van der Waals surface area (Å²) in [4.78, 5) is 26.4. The first-order valence-corrected chi connectivity index (χ1v) is 8.53. The number of hydrogen-bond acceptors (Lipinski definition) is 2. The third kappa shape index (κ3) is 2.68. The Morgan fingerprint density at radius 3 is 2.62 bits per heavy atom. The summed E-state index contributed by atoms with van der Waals surface area (Å²) in [6.45, 7) is 2.40. The first kappa shape index (κ1) is 14.9. The van der Waals surface area contributed by atoms with Crippen LogP contribution in [-0.2, 0) is 6.42 Å². The highest BCUT2D eigenvalue weighted by Gasteiger charge is 2.20. The van der Waals surface area contributed by atoms with Crippen molar-refractivity contribution in [3.8, 4) is 11.1 Å². The molecule has 2 aliphatic rings. The van der Waals surface area contributed by atoms with Gasteiger partial charge in [0.1, 0.15) is 0 Å². The highest BCUT2D eigenvalue weighted by molar-refractivity contribution is 5.98. The van der Waals surface area contributed by atoms with Crippen LogP contribution >= 0.6 is 0 Å². The molecule has 0 atom stereocenters. The number of rotatable bonds is 2. The predicted molar refractivity (Wildman–Crippen MR) is 93.1 cm³/mol. The molecule has 2 heterocycles. The summed E-state index contributed by atoms with van der Waals surface area (Å²) in [6, 6.07) is 13.7. The molecule has 122 valence electrons. The molecule has 4 nitrogen and oxygen atoms in total. The lowest BCUT2D eigenvalue weighted by molar-refractivity contribution is 0.0792. The van der Waals surface area contributed by atoms with Crippen molar-refractivity contribution in [1.29, 1.82) is 0 Å². The van der Waals surface area contributed by atoms with Crippen molar-refractivity contribution in [3.05, 3.63) is 59.2 Å². The van der Waals surface area contributed by atoms with E-state index in [-0.39, 0.29) is 11.8 Å². The molecule has 1 N–H and O–H groups in total. The van der Waals surface area contributed by atoms with Crippen molar-refractivity contribution in [2.75, 3.05) is 19.6 Å². The molecule has 2 aromatic rings. The Morgan fingerprint density at radius 1 is 1.00 bits per heavy atom. The average Bonchev–Trinajstić information content (AvgIpc) is 3.16. The van der Waals surface area contributed by atoms with Crippen LogP contribution in [0.25, 0.3) is 11.1 Å². The van der Waals surface area contributed by atoms with Crippen LogP contribution in [0.15, 0.2) is 42.5 Å². The van der Waals surface area contributed by atoms with Crippen LogP contribution in [0.4, 0.5) is 0 Å². The fourth-order valence-electron chi connectivity index (χ4n) is 3.54. The van der Waals surface area contributed by atoms with Gasteiger partial charge in [-0.05, 0) is 54.2 Å². The van der Waals surface area contributed by atoms with Crippen molar-refractivity contribution >= 4 is 11.8 Å². The van der Waals surface area contributed by atoms with Crippen molar-refractivity contribution in [2.24, 2.45) is 0 Å². The second-order valence-corrected chi connectivity index (χ2v) is 6.46. The molecular weight excluding hydrogens is 300 g/mol. The fourth-order valence-corrected chi connectivity index (χ4v) is 3.54. The van der Waals surface area contributed by atoms with Gasteiger partial charge in [0.05, 0.1) is 0 Å². The minimum absolute atomic E-state index is 0.000705. The Bertz CT molecular complexity index is 807. The maximum atomic E-state index is 12.6. The van der Waals surface area contributed by atoms with E-state index in [1.807, 2.05) is 41.3 Å². The maximum absolute atomic E-state index is 12.6. The normalized spacial score (nSPS) is 16.7. The summed E-state index contributed by atoms with van der Waals surface area (Å²) >= 11 is 0. The third-order valence-corrected chi connectivity index (χ3v) is 4.87. The lowest BCUT2D eigenvalue weighted by Crippen LogP contribution is -2.31. The molecule has 0 saturated carbocycles. The zero-order chi connectivity index (χ0) is 16.5. The van der Waals surface area contributed by atoms with Gasteiger partial charge in [0.15, 0.2) is 0 Å². The predicted octanol–water partition coefficient (Wildman–Crippen LogP) is 2.88. The van der Waals surface area contributed by atoms with E-state index in [1.165, 1.54) is 0 Å². The molecule has 24 heavy (non-hydrogen) atoms. The molecule has 0 unspecified atom stereocenters. The van der Waals surface area contributed by atoms with Gasteiger partial charge in [-0.15, -0.1) is 0 Å². The Hall–Kier alpha value is -2.62. The van der Waals surface area contributed by atoms with Crippen LogP contribution in [0.5, 0.6) is 0 Å². The zero-order valence-electron chi connectivity index (χ0n) is 13.5. The van der Waals surface area contributed by atoms with E-state index in [9.17, 15) is 9.59 Å². The van der Waals surface area contributed by atoms with Gasteiger partial charge in [-0.2, -0.15) is 0 Å². The van der Waals surface area contributed by atoms with Gasteiger partial charge in [0.2, 0.25) is 0 Å². The standard InChI is InChI=1S/C20H20N2O2/c23-19-18-7-6-15(12-16(18)8-9-21-19)14-4-3-5-17(13-14)20(24)22-10-1-2-11-22/h3-7,12-13H,1-2,8-11H2,(H,21,23). The molecule has 4 rings (SSSR count). The highest BCUT2D eigenvalue weighted by Crippen LogP contribution is 2.26. The number of likely N-dealkylation sites (tertiary alicyclic amines) is 1. The molecule has 2 amide bonds. The maximum Gasteiger partial charge on any atom is 0.253 e. The first-order chi connectivity index (χ1) is 11.7. The molecular formula is C20H20N2O2. The smallest absolute Gasteiger partial charge is 0.253 e. The van der Waals surface area contributed by atoms with Gasteiger partial charge in [-0.3, -0.25) is 9.59 Å². The summed E-state index contributed by atoms with van der Waals surface area (Å²) in [5, 5.41) is 2.86. The van der Waals surface area contributed by atoms with E-state index in [4.69, 9.17) is 0 Å². The third-order valence-electron chi connectivity index (χ3n) is 4.87. The Kier molecular flexibility index (Phi) is 3.81. The molecule has 0 bridgehead atoms. The quantitative estimate of drug-likeness (QED) is 0.925. The van der Waals surface area contributed by atoms with E-state index in [1.54, 1.807) is 0 Å². The summed E-state index contributed by atoms with van der Waals surface area (Å²) in [7, 11) is 0. The van der Waals surface area contributed by atoms with Gasteiger partial charge in [0.25, 0.3) is 11.8 Å². The van der Waals surface area contributed by atoms with Crippen LogP contribution in [0.3, 0.4) is 0 Å². The van der Waals surface area contributed by atoms with Crippen molar-refractivity contribution in [2.45, 2.75) is 19.3 Å². The Morgan fingerprint density at radius 2 is 1.79 bits per heavy atom. The minimum Gasteiger partial charge on any atom is -0.352 e. The first-order valence-electron chi connectivity index (χ1n) is 8.53. The molecule has 2 aromatic carbocycles. The number of nitrogens with zero attached hydrogens (tertiary/aromatic N) is 1. The molecule has 0 aliphatic carbocycles. The largest absolute Gasteiger partial charge is 0.352 e. The van der Waals surface area contributed by atoms with E-state index < -0.39 is 0 Å². The van der Waals surface area contributed by atoms with Crippen molar-refractivity contribution in [3.63, 3.8) is 0 Å². The number of fused-ring (bicyclic) bond motifs is 1. The van der Waals surface area contributed by atoms with Gasteiger partial charge in [-0.1, -0.05) is 24.3 Å². The Labute approximate surface area is 141 Å². The highest BCUT2D eigenvalue weighted by atomic mass is 16.2. The molecule has 2 aliphatic heterocycles. The summed E-state index contributed by atoms with van der Waals surface area (Å²) < 4.78 is 0. The van der Waals surface area contributed by atoms with Crippen LogP contribution < -0.4 is 5.32 Å². The van der Waals surface area contributed by atoms with Gasteiger partial charge < -0.3 is 10.2 Å². The SMILES string of the molecule is O=C1NCCc2cc(-c3cccc(C(=O)N4CCCC4)c3)ccc21. The Balaban J connectivity index is 1.66. The summed E-state index contributed by atoms with van der Waals surface area (Å²) in [5.41, 5.74) is 4.65. The minimum atomic E-state index is 0.000705. The summed E-state index contributed by atoms with van der Waals surface area (Å²) in [5.74, 6) is 0.118. The second-order valence-electron chi connectivity index (χ2n) is 6.46. The van der Waals surface area contributed by atoms with Crippen LogP contribution in [0.2, 0.25) is 0 Å². The van der Waals surface area contributed by atoms with E-state index in [0.717, 1.165) is 60.2 Å². The number of carbonyl (C=O) groups excluding carboxylic acids is 2. The number of hydrogen-bond donors (Lipinski definition) is 1. The monoisotopic (exact) mass is 320 g/mol. The van der Waals surface area contributed by atoms with Gasteiger partial charge in [0, 0.05) is 30.8 Å². The summed E-state index contributed by atoms with van der Waals surface area (Å²) in [6.07, 6.45) is 3.04. The fraction of sp³-hybridized carbons (Fsp3) is 0.300. The lowest BCUT2D eigenvalue weighted by Gasteiger charge is -2.18. The zero-order valence-corrected chi connectivity index (χ0v) is 13.5. The van der Waals surface area contributed by atoms with E-state index >= 15 is 0 Å². The topological polar surface area (TPSA) is 49.4 Å². The lowest BCUT2D eigenvalue weighted by atomic mass is 9.94. The molecule has 0 spiro atoms. The van der Waals surface area contributed by atoms with E-state index in [0.29, 0.717) is 6.54 Å². The van der Waals surface area contributed by atoms with Crippen LogP contribution in [-0.4, -0.2) is 36.3 Å². The molecule has 0 aromatic heterocycles.